The van der Waals surface area contributed by atoms with Crippen LogP contribution in [-0.4, -0.2) is 38.7 Å². The van der Waals surface area contributed by atoms with Crippen LogP contribution in [0.15, 0.2) is 16.3 Å². The molecular formula is C13H19NO5S2. The second kappa shape index (κ2) is 7.35. The Hall–Kier alpha value is -0.960. The largest absolute Gasteiger partial charge is 0.481 e. The first-order chi connectivity index (χ1) is 9.97. The first-order valence-electron chi connectivity index (χ1n) is 6.89. The van der Waals surface area contributed by atoms with Crippen molar-refractivity contribution >= 4 is 27.3 Å². The standard InChI is InChI=1S/C13H19NO5S2/c15-12(16)9-11-5-6-13(20-11)21(17,18)14-7-8-19-10-3-1-2-4-10/h5-6,10,14H,1-4,7-9H2,(H,15,16). The molecule has 1 aromatic rings. The van der Waals surface area contributed by atoms with Crippen LogP contribution in [-0.2, 0) is 26.0 Å². The summed E-state index contributed by atoms with van der Waals surface area (Å²) in [6, 6.07) is 2.96. The molecule has 0 atom stereocenters. The number of aliphatic carboxylic acids is 1. The van der Waals surface area contributed by atoms with Gasteiger partial charge in [-0.25, -0.2) is 13.1 Å². The summed E-state index contributed by atoms with van der Waals surface area (Å²) >= 11 is 0.979. The van der Waals surface area contributed by atoms with E-state index in [-0.39, 0.29) is 23.3 Å². The van der Waals surface area contributed by atoms with Gasteiger partial charge in [-0.15, -0.1) is 11.3 Å². The maximum Gasteiger partial charge on any atom is 0.308 e. The third kappa shape index (κ3) is 5.06. The van der Waals surface area contributed by atoms with Gasteiger partial charge in [0.2, 0.25) is 10.0 Å². The third-order valence-electron chi connectivity index (χ3n) is 3.28. The molecule has 118 valence electrons. The zero-order chi connectivity index (χ0) is 15.3. The van der Waals surface area contributed by atoms with Crippen molar-refractivity contribution < 1.29 is 23.1 Å². The Kier molecular flexibility index (Phi) is 5.74. The number of hydrogen-bond acceptors (Lipinski definition) is 5. The van der Waals surface area contributed by atoms with Gasteiger partial charge in [0.1, 0.15) is 4.21 Å². The Morgan fingerprint density at radius 1 is 1.38 bits per heavy atom. The van der Waals surface area contributed by atoms with Crippen molar-refractivity contribution in [2.24, 2.45) is 0 Å². The van der Waals surface area contributed by atoms with Crippen LogP contribution in [0, 0.1) is 0 Å². The minimum Gasteiger partial charge on any atom is -0.481 e. The number of carbonyl (C=O) groups is 1. The average molecular weight is 333 g/mol. The summed E-state index contributed by atoms with van der Waals surface area (Å²) in [6.45, 7) is 0.586. The van der Waals surface area contributed by atoms with Crippen LogP contribution in [0.25, 0.3) is 0 Å². The zero-order valence-electron chi connectivity index (χ0n) is 11.6. The summed E-state index contributed by atoms with van der Waals surface area (Å²) in [4.78, 5) is 11.1. The number of rotatable bonds is 8. The van der Waals surface area contributed by atoms with Gasteiger partial charge in [0.15, 0.2) is 0 Å². The van der Waals surface area contributed by atoms with E-state index in [9.17, 15) is 13.2 Å². The molecule has 0 spiro atoms. The number of ether oxygens (including phenoxy) is 1. The fourth-order valence-corrected chi connectivity index (χ4v) is 4.68. The van der Waals surface area contributed by atoms with Gasteiger partial charge in [-0.3, -0.25) is 4.79 Å². The molecule has 0 saturated heterocycles. The smallest absolute Gasteiger partial charge is 0.308 e. The zero-order valence-corrected chi connectivity index (χ0v) is 13.2. The second-order valence-corrected chi connectivity index (χ2v) is 8.13. The van der Waals surface area contributed by atoms with Gasteiger partial charge in [0.05, 0.1) is 19.1 Å². The first kappa shape index (κ1) is 16.4. The van der Waals surface area contributed by atoms with Crippen LogP contribution in [0.4, 0.5) is 0 Å². The van der Waals surface area contributed by atoms with Gasteiger partial charge in [-0.05, 0) is 25.0 Å². The van der Waals surface area contributed by atoms with Crippen molar-refractivity contribution in [1.82, 2.24) is 4.72 Å². The van der Waals surface area contributed by atoms with Gasteiger partial charge >= 0.3 is 5.97 Å². The molecule has 2 rings (SSSR count). The molecular weight excluding hydrogens is 314 g/mol. The van der Waals surface area contributed by atoms with Crippen LogP contribution in [0.1, 0.15) is 30.6 Å². The van der Waals surface area contributed by atoms with Crippen molar-refractivity contribution in [2.45, 2.75) is 42.4 Å². The molecule has 1 fully saturated rings. The SMILES string of the molecule is O=C(O)Cc1ccc(S(=O)(=O)NCCOC2CCCC2)s1. The molecule has 1 aromatic heterocycles. The fourth-order valence-electron chi connectivity index (χ4n) is 2.27. The van der Waals surface area contributed by atoms with Crippen molar-refractivity contribution in [1.29, 1.82) is 0 Å². The van der Waals surface area contributed by atoms with Crippen LogP contribution >= 0.6 is 11.3 Å². The molecule has 0 amide bonds. The molecule has 1 aliphatic rings. The predicted molar refractivity (Wildman–Crippen MR) is 79.1 cm³/mol. The molecule has 1 heterocycles. The molecule has 0 radical (unpaired) electrons. The van der Waals surface area contributed by atoms with E-state index < -0.39 is 16.0 Å². The van der Waals surface area contributed by atoms with E-state index >= 15 is 0 Å². The maximum atomic E-state index is 12.0. The highest BCUT2D eigenvalue weighted by molar-refractivity contribution is 7.91. The summed E-state index contributed by atoms with van der Waals surface area (Å²) < 4.78 is 32.3. The van der Waals surface area contributed by atoms with Crippen molar-refractivity contribution in [3.05, 3.63) is 17.0 Å². The highest BCUT2D eigenvalue weighted by Gasteiger charge is 2.18. The van der Waals surface area contributed by atoms with Crippen LogP contribution in [0.3, 0.4) is 0 Å². The van der Waals surface area contributed by atoms with E-state index in [1.54, 1.807) is 0 Å². The molecule has 1 saturated carbocycles. The van der Waals surface area contributed by atoms with Crippen LogP contribution in [0.5, 0.6) is 0 Å². The quantitative estimate of drug-likeness (QED) is 0.705. The molecule has 0 aromatic carbocycles. The van der Waals surface area contributed by atoms with E-state index in [1.807, 2.05) is 0 Å². The van der Waals surface area contributed by atoms with Crippen LogP contribution < -0.4 is 4.72 Å². The lowest BCUT2D eigenvalue weighted by Crippen LogP contribution is -2.28. The highest BCUT2D eigenvalue weighted by Crippen LogP contribution is 2.22. The number of nitrogens with one attached hydrogen (secondary N) is 1. The average Bonchev–Trinajstić information content (AvgIpc) is 3.05. The Bertz CT molecular complexity index is 575. The molecule has 0 bridgehead atoms. The number of carboxylic acids is 1. The lowest BCUT2D eigenvalue weighted by Gasteiger charge is -2.11. The predicted octanol–water partition coefficient (Wildman–Crippen LogP) is 1.61. The van der Waals surface area contributed by atoms with E-state index in [4.69, 9.17) is 9.84 Å². The van der Waals surface area contributed by atoms with E-state index in [1.165, 1.54) is 25.0 Å². The second-order valence-electron chi connectivity index (χ2n) is 4.97. The molecule has 21 heavy (non-hydrogen) atoms. The molecule has 2 N–H and O–H groups in total. The number of carboxylic acid groups (broad SMARTS) is 1. The minimum absolute atomic E-state index is 0.139. The van der Waals surface area contributed by atoms with Crippen molar-refractivity contribution in [2.75, 3.05) is 13.2 Å². The molecule has 0 aliphatic heterocycles. The molecule has 8 heteroatoms. The maximum absolute atomic E-state index is 12.0. The number of thiophene rings is 1. The monoisotopic (exact) mass is 333 g/mol. The number of sulfonamides is 1. The molecule has 1 aliphatic carbocycles. The highest BCUT2D eigenvalue weighted by atomic mass is 32.2. The van der Waals surface area contributed by atoms with Gasteiger partial charge in [0, 0.05) is 11.4 Å². The summed E-state index contributed by atoms with van der Waals surface area (Å²) in [5, 5.41) is 8.68. The summed E-state index contributed by atoms with van der Waals surface area (Å²) in [5.41, 5.74) is 0. The van der Waals surface area contributed by atoms with Gasteiger partial charge in [0.25, 0.3) is 0 Å². The lowest BCUT2D eigenvalue weighted by atomic mass is 10.3. The summed E-state index contributed by atoms with van der Waals surface area (Å²) in [7, 11) is -3.58. The molecule has 6 nitrogen and oxygen atoms in total. The topological polar surface area (TPSA) is 92.7 Å². The van der Waals surface area contributed by atoms with Gasteiger partial charge in [-0.2, -0.15) is 0 Å². The van der Waals surface area contributed by atoms with Crippen molar-refractivity contribution in [3.8, 4) is 0 Å². The fraction of sp³-hybridized carbons (Fsp3) is 0.615. The van der Waals surface area contributed by atoms with E-state index in [0.29, 0.717) is 11.5 Å². The molecule has 0 unspecified atom stereocenters. The Balaban J connectivity index is 1.80. The third-order valence-corrected chi connectivity index (χ3v) is 6.32. The van der Waals surface area contributed by atoms with Gasteiger partial charge < -0.3 is 9.84 Å². The Morgan fingerprint density at radius 2 is 2.10 bits per heavy atom. The summed E-state index contributed by atoms with van der Waals surface area (Å²) in [6.07, 6.45) is 4.56. The first-order valence-corrected chi connectivity index (χ1v) is 9.19. The summed E-state index contributed by atoms with van der Waals surface area (Å²) in [5.74, 6) is -0.973. The van der Waals surface area contributed by atoms with Crippen molar-refractivity contribution in [3.63, 3.8) is 0 Å². The minimum atomic E-state index is -3.58. The number of hydrogen-bond donors (Lipinski definition) is 2. The van der Waals surface area contributed by atoms with E-state index in [0.717, 1.165) is 24.2 Å². The Morgan fingerprint density at radius 3 is 2.76 bits per heavy atom. The Labute approximate surface area is 128 Å². The van der Waals surface area contributed by atoms with Gasteiger partial charge in [-0.1, -0.05) is 12.8 Å². The normalized spacial score (nSPS) is 16.4. The van der Waals surface area contributed by atoms with Crippen LogP contribution in [0.2, 0.25) is 0 Å². The van der Waals surface area contributed by atoms with E-state index in [2.05, 4.69) is 4.72 Å². The lowest BCUT2D eigenvalue weighted by molar-refractivity contribution is -0.136.